The van der Waals surface area contributed by atoms with Crippen molar-refractivity contribution >= 4 is 5.91 Å². The summed E-state index contributed by atoms with van der Waals surface area (Å²) >= 11 is 0. The van der Waals surface area contributed by atoms with Gasteiger partial charge in [-0.25, -0.2) is 0 Å². The monoisotopic (exact) mass is 325 g/mol. The summed E-state index contributed by atoms with van der Waals surface area (Å²) in [4.78, 5) is 11.3. The summed E-state index contributed by atoms with van der Waals surface area (Å²) in [6, 6.07) is 0. The molecule has 0 rings (SSSR count). The molecule has 0 aromatic carbocycles. The van der Waals surface area contributed by atoms with Gasteiger partial charge in [-0.15, -0.1) is 0 Å². The van der Waals surface area contributed by atoms with Crippen LogP contribution in [0.2, 0.25) is 0 Å². The lowest BCUT2D eigenvalue weighted by Crippen LogP contribution is -2.16. The van der Waals surface area contributed by atoms with E-state index in [0.29, 0.717) is 6.42 Å². The Bertz CT molecular complexity index is 277. The van der Waals surface area contributed by atoms with Crippen LogP contribution in [-0.4, -0.2) is 11.0 Å². The van der Waals surface area contributed by atoms with E-state index in [-0.39, 0.29) is 5.91 Å². The Hall–Kier alpha value is -0.990. The van der Waals surface area contributed by atoms with Crippen molar-refractivity contribution in [1.29, 1.82) is 0 Å². The number of aliphatic hydroxyl groups excluding tert-OH is 1. The SMILES string of the molecule is CCCCCCCCCCCCCCCCCC(=O)NC=CO. The molecule has 3 heteroatoms. The zero-order valence-electron chi connectivity index (χ0n) is 15.3. The average Bonchev–Trinajstić information content (AvgIpc) is 2.56. The Labute approximate surface area is 143 Å². The van der Waals surface area contributed by atoms with Gasteiger partial charge in [0, 0.05) is 12.6 Å². The molecule has 0 saturated heterocycles. The second-order valence-electron chi connectivity index (χ2n) is 6.58. The van der Waals surface area contributed by atoms with Crippen LogP contribution in [0.3, 0.4) is 0 Å². The highest BCUT2D eigenvalue weighted by Crippen LogP contribution is 2.13. The smallest absolute Gasteiger partial charge is 0.224 e. The van der Waals surface area contributed by atoms with Gasteiger partial charge >= 0.3 is 0 Å². The van der Waals surface area contributed by atoms with Gasteiger partial charge in [0.05, 0.1) is 6.26 Å². The van der Waals surface area contributed by atoms with Crippen LogP contribution in [0.15, 0.2) is 12.5 Å². The maximum absolute atomic E-state index is 11.3. The van der Waals surface area contributed by atoms with Crippen molar-refractivity contribution in [2.24, 2.45) is 0 Å². The molecular formula is C20H39NO2. The zero-order chi connectivity index (χ0) is 17.0. The lowest BCUT2D eigenvalue weighted by molar-refractivity contribution is -0.120. The second kappa shape index (κ2) is 19.1. The molecule has 0 spiro atoms. The Morgan fingerprint density at radius 1 is 0.739 bits per heavy atom. The lowest BCUT2D eigenvalue weighted by atomic mass is 10.0. The third-order valence-corrected chi connectivity index (χ3v) is 4.33. The van der Waals surface area contributed by atoms with Gasteiger partial charge in [0.25, 0.3) is 0 Å². The van der Waals surface area contributed by atoms with E-state index in [1.54, 1.807) is 0 Å². The Morgan fingerprint density at radius 3 is 1.52 bits per heavy atom. The first-order valence-electron chi connectivity index (χ1n) is 9.89. The van der Waals surface area contributed by atoms with Crippen LogP contribution in [0.4, 0.5) is 0 Å². The largest absolute Gasteiger partial charge is 0.514 e. The number of aliphatic hydroxyl groups is 1. The van der Waals surface area contributed by atoms with Crippen LogP contribution in [0.25, 0.3) is 0 Å². The van der Waals surface area contributed by atoms with E-state index >= 15 is 0 Å². The van der Waals surface area contributed by atoms with Gasteiger partial charge in [0.15, 0.2) is 0 Å². The number of amides is 1. The summed E-state index contributed by atoms with van der Waals surface area (Å²) in [5, 5.41) is 10.9. The molecule has 0 aliphatic rings. The molecule has 0 fully saturated rings. The van der Waals surface area contributed by atoms with Crippen molar-refractivity contribution in [3.63, 3.8) is 0 Å². The Kier molecular flexibility index (Phi) is 18.2. The molecule has 0 bridgehead atoms. The average molecular weight is 326 g/mol. The number of unbranched alkanes of at least 4 members (excludes halogenated alkanes) is 14. The minimum Gasteiger partial charge on any atom is -0.514 e. The van der Waals surface area contributed by atoms with Gasteiger partial charge in [0.1, 0.15) is 0 Å². The van der Waals surface area contributed by atoms with E-state index < -0.39 is 0 Å². The lowest BCUT2D eigenvalue weighted by Gasteiger charge is -2.03. The molecule has 0 aliphatic carbocycles. The number of carbonyl (C=O) groups excluding carboxylic acids is 1. The fraction of sp³-hybridized carbons (Fsp3) is 0.850. The maximum Gasteiger partial charge on any atom is 0.224 e. The van der Waals surface area contributed by atoms with Crippen LogP contribution in [0.5, 0.6) is 0 Å². The van der Waals surface area contributed by atoms with Crippen LogP contribution in [0, 0.1) is 0 Å². The first-order chi connectivity index (χ1) is 11.3. The van der Waals surface area contributed by atoms with Crippen molar-refractivity contribution in [3.05, 3.63) is 12.5 Å². The number of hydrogen-bond acceptors (Lipinski definition) is 2. The highest BCUT2D eigenvalue weighted by atomic mass is 16.2. The highest BCUT2D eigenvalue weighted by molar-refractivity contribution is 5.76. The molecule has 0 aromatic rings. The van der Waals surface area contributed by atoms with E-state index in [0.717, 1.165) is 19.1 Å². The summed E-state index contributed by atoms with van der Waals surface area (Å²) in [5.74, 6) is -0.00926. The van der Waals surface area contributed by atoms with Gasteiger partial charge < -0.3 is 10.4 Å². The molecule has 0 aliphatic heterocycles. The molecule has 0 atom stereocenters. The third kappa shape index (κ3) is 19.0. The molecule has 0 heterocycles. The number of hydrogen-bond donors (Lipinski definition) is 2. The van der Waals surface area contributed by atoms with E-state index in [2.05, 4.69) is 12.2 Å². The predicted octanol–water partition coefficient (Wildman–Crippen LogP) is 6.39. The third-order valence-electron chi connectivity index (χ3n) is 4.33. The van der Waals surface area contributed by atoms with Gasteiger partial charge in [-0.05, 0) is 6.42 Å². The van der Waals surface area contributed by atoms with Crippen molar-refractivity contribution in [2.45, 2.75) is 110 Å². The standard InChI is InChI=1S/C20H39NO2/c1-2-3-4-5-6-7-8-9-10-11-12-13-14-15-16-17-20(23)21-18-19-22/h18-19,22H,2-17H2,1H3,(H,21,23). The summed E-state index contributed by atoms with van der Waals surface area (Å²) in [7, 11) is 0. The fourth-order valence-electron chi connectivity index (χ4n) is 2.86. The molecule has 136 valence electrons. The van der Waals surface area contributed by atoms with Crippen LogP contribution in [-0.2, 0) is 4.79 Å². The summed E-state index contributed by atoms with van der Waals surface area (Å²) in [6.07, 6.45) is 22.7. The van der Waals surface area contributed by atoms with Crippen molar-refractivity contribution in [1.82, 2.24) is 5.32 Å². The summed E-state index contributed by atoms with van der Waals surface area (Å²) in [6.45, 7) is 2.27. The Morgan fingerprint density at radius 2 is 1.13 bits per heavy atom. The molecule has 0 radical (unpaired) electrons. The molecule has 0 saturated carbocycles. The Balaban J connectivity index is 3.06. The first-order valence-corrected chi connectivity index (χ1v) is 9.89. The first kappa shape index (κ1) is 22.0. The quantitative estimate of drug-likeness (QED) is 0.240. The topological polar surface area (TPSA) is 49.3 Å². The fourth-order valence-corrected chi connectivity index (χ4v) is 2.86. The normalized spacial score (nSPS) is 11.2. The number of carbonyl (C=O) groups is 1. The van der Waals surface area contributed by atoms with E-state index in [9.17, 15) is 4.79 Å². The molecule has 23 heavy (non-hydrogen) atoms. The number of nitrogens with one attached hydrogen (secondary N) is 1. The minimum atomic E-state index is -0.00926. The van der Waals surface area contributed by atoms with Crippen LogP contribution in [0.1, 0.15) is 110 Å². The maximum atomic E-state index is 11.3. The second-order valence-corrected chi connectivity index (χ2v) is 6.58. The molecule has 2 N–H and O–H groups in total. The van der Waals surface area contributed by atoms with Gasteiger partial charge in [0.2, 0.25) is 5.91 Å². The molecule has 0 aromatic heterocycles. The molecule has 0 unspecified atom stereocenters. The molecular weight excluding hydrogens is 286 g/mol. The van der Waals surface area contributed by atoms with E-state index in [1.807, 2.05) is 0 Å². The zero-order valence-corrected chi connectivity index (χ0v) is 15.3. The molecule has 1 amide bonds. The van der Waals surface area contributed by atoms with E-state index in [4.69, 9.17) is 5.11 Å². The molecule has 3 nitrogen and oxygen atoms in total. The van der Waals surface area contributed by atoms with E-state index in [1.165, 1.54) is 89.7 Å². The van der Waals surface area contributed by atoms with Crippen molar-refractivity contribution in [3.8, 4) is 0 Å². The minimum absolute atomic E-state index is 0.00926. The van der Waals surface area contributed by atoms with Gasteiger partial charge in [-0.3, -0.25) is 4.79 Å². The van der Waals surface area contributed by atoms with Crippen molar-refractivity contribution in [2.75, 3.05) is 0 Å². The van der Waals surface area contributed by atoms with Crippen LogP contribution < -0.4 is 5.32 Å². The predicted molar refractivity (Wildman–Crippen MR) is 99.5 cm³/mol. The van der Waals surface area contributed by atoms with Crippen molar-refractivity contribution < 1.29 is 9.90 Å². The number of rotatable bonds is 17. The van der Waals surface area contributed by atoms with Crippen LogP contribution >= 0.6 is 0 Å². The van der Waals surface area contributed by atoms with Gasteiger partial charge in [-0.2, -0.15) is 0 Å². The summed E-state index contributed by atoms with van der Waals surface area (Å²) < 4.78 is 0. The summed E-state index contributed by atoms with van der Waals surface area (Å²) in [5.41, 5.74) is 0. The highest BCUT2D eigenvalue weighted by Gasteiger charge is 1.98. The van der Waals surface area contributed by atoms with Gasteiger partial charge in [-0.1, -0.05) is 96.8 Å².